The van der Waals surface area contributed by atoms with Crippen LogP contribution in [-0.4, -0.2) is 37.6 Å². The molecule has 0 aliphatic carbocycles. The number of rotatable bonds is 4. The van der Waals surface area contributed by atoms with Gasteiger partial charge in [-0.25, -0.2) is 0 Å². The van der Waals surface area contributed by atoms with E-state index in [1.165, 1.54) is 76.1 Å². The van der Waals surface area contributed by atoms with Crippen LogP contribution in [-0.2, 0) is 6.42 Å². The third-order valence-electron chi connectivity index (χ3n) is 4.33. The maximum atomic E-state index is 2.64. The second-order valence-corrected chi connectivity index (χ2v) is 5.62. The van der Waals surface area contributed by atoms with Crippen LogP contribution in [0.5, 0.6) is 0 Å². The Balaban J connectivity index is 1.47. The average Bonchev–Trinajstić information content (AvgIpc) is 2.84. The monoisotopic (exact) mass is 244 g/mol. The van der Waals surface area contributed by atoms with Crippen molar-refractivity contribution >= 4 is 5.69 Å². The van der Waals surface area contributed by atoms with Crippen molar-refractivity contribution in [2.24, 2.45) is 0 Å². The Kier molecular flexibility index (Phi) is 3.84. The van der Waals surface area contributed by atoms with Gasteiger partial charge in [0, 0.05) is 18.8 Å². The van der Waals surface area contributed by atoms with Gasteiger partial charge >= 0.3 is 0 Å². The summed E-state index contributed by atoms with van der Waals surface area (Å²) in [6.45, 7) is 6.40. The topological polar surface area (TPSA) is 6.48 Å². The molecule has 1 aromatic carbocycles. The summed E-state index contributed by atoms with van der Waals surface area (Å²) in [4.78, 5) is 5.21. The quantitative estimate of drug-likeness (QED) is 0.803. The summed E-state index contributed by atoms with van der Waals surface area (Å²) in [6, 6.07) is 8.89. The summed E-state index contributed by atoms with van der Waals surface area (Å²) in [5, 5.41) is 0. The normalized spacial score (nSPS) is 20.1. The summed E-state index contributed by atoms with van der Waals surface area (Å²) in [6.07, 6.45) is 6.81. The minimum Gasteiger partial charge on any atom is -0.371 e. The zero-order valence-electron chi connectivity index (χ0n) is 11.3. The molecular weight excluding hydrogens is 220 g/mol. The minimum atomic E-state index is 1.22. The van der Waals surface area contributed by atoms with Crippen molar-refractivity contribution in [1.82, 2.24) is 4.90 Å². The molecule has 1 saturated heterocycles. The predicted octanol–water partition coefficient (Wildman–Crippen LogP) is 2.93. The molecule has 2 aliphatic rings. The highest BCUT2D eigenvalue weighted by Gasteiger charge is 2.18. The van der Waals surface area contributed by atoms with Gasteiger partial charge in [-0.2, -0.15) is 0 Å². The fraction of sp³-hybridized carbons (Fsp3) is 0.625. The number of piperidine rings is 1. The SMILES string of the molecule is c1ccc2c(c1)CCN2CCCN1CCCCC1. The molecule has 0 radical (unpaired) electrons. The molecule has 2 heteroatoms. The first-order valence-corrected chi connectivity index (χ1v) is 7.49. The lowest BCUT2D eigenvalue weighted by atomic mass is 10.1. The molecule has 0 amide bonds. The lowest BCUT2D eigenvalue weighted by Gasteiger charge is -2.27. The van der Waals surface area contributed by atoms with Crippen molar-refractivity contribution in [3.8, 4) is 0 Å². The highest BCUT2D eigenvalue weighted by Crippen LogP contribution is 2.27. The van der Waals surface area contributed by atoms with Gasteiger partial charge in [-0.15, -0.1) is 0 Å². The molecule has 18 heavy (non-hydrogen) atoms. The first-order valence-electron chi connectivity index (χ1n) is 7.49. The molecule has 3 rings (SSSR count). The fourth-order valence-electron chi connectivity index (χ4n) is 3.31. The van der Waals surface area contributed by atoms with Crippen LogP contribution < -0.4 is 4.90 Å². The molecule has 98 valence electrons. The van der Waals surface area contributed by atoms with E-state index < -0.39 is 0 Å². The van der Waals surface area contributed by atoms with E-state index in [1.807, 2.05) is 0 Å². The lowest BCUT2D eigenvalue weighted by molar-refractivity contribution is 0.227. The molecule has 2 nitrogen and oxygen atoms in total. The zero-order chi connectivity index (χ0) is 12.2. The maximum absolute atomic E-state index is 2.64. The van der Waals surface area contributed by atoms with Crippen molar-refractivity contribution in [1.29, 1.82) is 0 Å². The van der Waals surface area contributed by atoms with Crippen LogP contribution in [0, 0.1) is 0 Å². The largest absolute Gasteiger partial charge is 0.371 e. The number of anilines is 1. The molecular formula is C16H24N2. The number of likely N-dealkylation sites (tertiary alicyclic amines) is 1. The van der Waals surface area contributed by atoms with E-state index >= 15 is 0 Å². The Bertz CT molecular complexity index is 382. The van der Waals surface area contributed by atoms with Gasteiger partial charge in [-0.3, -0.25) is 0 Å². The summed E-state index contributed by atoms with van der Waals surface area (Å²) < 4.78 is 0. The van der Waals surface area contributed by atoms with Crippen LogP contribution in [0.2, 0.25) is 0 Å². The maximum Gasteiger partial charge on any atom is 0.0399 e. The predicted molar refractivity (Wildman–Crippen MR) is 77.3 cm³/mol. The molecule has 0 bridgehead atoms. The first-order chi connectivity index (χ1) is 8.93. The highest BCUT2D eigenvalue weighted by molar-refractivity contribution is 5.57. The lowest BCUT2D eigenvalue weighted by Crippen LogP contribution is -2.33. The van der Waals surface area contributed by atoms with Gasteiger partial charge in [0.05, 0.1) is 0 Å². The Morgan fingerprint density at radius 1 is 0.889 bits per heavy atom. The van der Waals surface area contributed by atoms with Crippen LogP contribution in [0.25, 0.3) is 0 Å². The molecule has 0 atom stereocenters. The summed E-state index contributed by atoms with van der Waals surface area (Å²) in [5.74, 6) is 0. The van der Waals surface area contributed by atoms with Crippen LogP contribution in [0.15, 0.2) is 24.3 Å². The van der Waals surface area contributed by atoms with Gasteiger partial charge < -0.3 is 9.80 Å². The molecule has 2 aliphatic heterocycles. The summed E-state index contributed by atoms with van der Waals surface area (Å²) in [7, 11) is 0. The van der Waals surface area contributed by atoms with E-state index in [-0.39, 0.29) is 0 Å². The molecule has 2 heterocycles. The van der Waals surface area contributed by atoms with Gasteiger partial charge in [-0.1, -0.05) is 24.6 Å². The van der Waals surface area contributed by atoms with Crippen molar-refractivity contribution < 1.29 is 0 Å². The van der Waals surface area contributed by atoms with Gasteiger partial charge in [0.25, 0.3) is 0 Å². The van der Waals surface area contributed by atoms with E-state index in [4.69, 9.17) is 0 Å². The molecule has 0 N–H and O–H groups in total. The molecule has 0 spiro atoms. The summed E-state index contributed by atoms with van der Waals surface area (Å²) in [5.41, 5.74) is 3.02. The van der Waals surface area contributed by atoms with Crippen LogP contribution in [0.4, 0.5) is 5.69 Å². The van der Waals surface area contributed by atoms with E-state index in [9.17, 15) is 0 Å². The number of nitrogens with zero attached hydrogens (tertiary/aromatic N) is 2. The second-order valence-electron chi connectivity index (χ2n) is 5.62. The molecule has 0 aromatic heterocycles. The second kappa shape index (κ2) is 5.75. The fourth-order valence-corrected chi connectivity index (χ4v) is 3.31. The van der Waals surface area contributed by atoms with Crippen LogP contribution in [0.1, 0.15) is 31.2 Å². The van der Waals surface area contributed by atoms with Gasteiger partial charge in [-0.05, 0) is 56.9 Å². The van der Waals surface area contributed by atoms with Gasteiger partial charge in [0.15, 0.2) is 0 Å². The van der Waals surface area contributed by atoms with Crippen molar-refractivity contribution in [3.63, 3.8) is 0 Å². The van der Waals surface area contributed by atoms with Crippen molar-refractivity contribution in [3.05, 3.63) is 29.8 Å². The first kappa shape index (κ1) is 12.0. The third-order valence-corrected chi connectivity index (χ3v) is 4.33. The molecule has 1 fully saturated rings. The van der Waals surface area contributed by atoms with E-state index in [0.29, 0.717) is 0 Å². The number of hydrogen-bond acceptors (Lipinski definition) is 2. The standard InChI is InChI=1S/C16H24N2/c1-4-10-17(11-5-1)12-6-13-18-14-9-15-7-2-3-8-16(15)18/h2-3,7-8H,1,4-6,9-14H2. The van der Waals surface area contributed by atoms with E-state index in [0.717, 1.165) is 0 Å². The average molecular weight is 244 g/mol. The van der Waals surface area contributed by atoms with Crippen LogP contribution >= 0.6 is 0 Å². The highest BCUT2D eigenvalue weighted by atomic mass is 15.2. The zero-order valence-corrected chi connectivity index (χ0v) is 11.3. The Hall–Kier alpha value is -1.02. The number of benzene rings is 1. The van der Waals surface area contributed by atoms with Crippen molar-refractivity contribution in [2.45, 2.75) is 32.1 Å². The van der Waals surface area contributed by atoms with Gasteiger partial charge in [0.1, 0.15) is 0 Å². The molecule has 0 unspecified atom stereocenters. The number of fused-ring (bicyclic) bond motifs is 1. The van der Waals surface area contributed by atoms with E-state index in [2.05, 4.69) is 34.1 Å². The smallest absolute Gasteiger partial charge is 0.0399 e. The van der Waals surface area contributed by atoms with Crippen LogP contribution in [0.3, 0.4) is 0 Å². The van der Waals surface area contributed by atoms with Gasteiger partial charge in [0.2, 0.25) is 0 Å². The molecule has 1 aromatic rings. The molecule has 0 saturated carbocycles. The number of hydrogen-bond donors (Lipinski definition) is 0. The minimum absolute atomic E-state index is 1.22. The number of para-hydroxylation sites is 1. The van der Waals surface area contributed by atoms with E-state index in [1.54, 1.807) is 0 Å². The Labute approximate surface area is 111 Å². The third kappa shape index (κ3) is 2.69. The Morgan fingerprint density at radius 2 is 1.72 bits per heavy atom. The van der Waals surface area contributed by atoms with Crippen molar-refractivity contribution in [2.75, 3.05) is 37.6 Å². The summed E-state index contributed by atoms with van der Waals surface area (Å²) >= 11 is 0. The Morgan fingerprint density at radius 3 is 2.61 bits per heavy atom.